The Hall–Kier alpha value is -2.63. The maximum atomic E-state index is 4.73. The predicted octanol–water partition coefficient (Wildman–Crippen LogP) is 3.56. The summed E-state index contributed by atoms with van der Waals surface area (Å²) in [5.74, 6) is 0. The van der Waals surface area contributed by atoms with E-state index in [4.69, 9.17) is 4.98 Å². The third-order valence-electron chi connectivity index (χ3n) is 6.37. The summed E-state index contributed by atoms with van der Waals surface area (Å²) in [5, 5.41) is 3.75. The van der Waals surface area contributed by atoms with Crippen LogP contribution in [0.25, 0.3) is 11.3 Å². The zero-order valence-corrected chi connectivity index (χ0v) is 16.9. The van der Waals surface area contributed by atoms with Crippen LogP contribution in [0.15, 0.2) is 55.1 Å². The van der Waals surface area contributed by atoms with Crippen LogP contribution in [0.2, 0.25) is 0 Å². The van der Waals surface area contributed by atoms with Crippen LogP contribution in [0.1, 0.15) is 41.3 Å². The molecule has 1 aromatic carbocycles. The number of rotatable bonds is 4. The molecule has 0 saturated carbocycles. The van der Waals surface area contributed by atoms with Gasteiger partial charge in [0.05, 0.1) is 17.4 Å². The number of fused-ring (bicyclic) bond motifs is 2. The average Bonchev–Trinajstić information content (AvgIpc) is 2.79. The fourth-order valence-electron chi connectivity index (χ4n) is 4.92. The molecule has 0 spiro atoms. The second-order valence-electron chi connectivity index (χ2n) is 8.22. The minimum Gasteiger partial charge on any atom is -0.308 e. The van der Waals surface area contributed by atoms with Crippen molar-refractivity contribution in [2.24, 2.45) is 0 Å². The summed E-state index contributed by atoms with van der Waals surface area (Å²) in [5.41, 5.74) is 7.75. The van der Waals surface area contributed by atoms with Gasteiger partial charge in [-0.05, 0) is 61.6 Å². The smallest absolute Gasteiger partial charge is 0.116 e. The largest absolute Gasteiger partial charge is 0.308 e. The van der Waals surface area contributed by atoms with Crippen molar-refractivity contribution in [1.82, 2.24) is 25.2 Å². The van der Waals surface area contributed by atoms with Gasteiger partial charge in [-0.25, -0.2) is 9.97 Å². The molecule has 5 nitrogen and oxygen atoms in total. The van der Waals surface area contributed by atoms with Crippen molar-refractivity contribution in [3.8, 4) is 11.3 Å². The third-order valence-corrected chi connectivity index (χ3v) is 6.37. The Bertz CT molecular complexity index is 988. The molecule has 148 valence electrons. The van der Waals surface area contributed by atoms with Gasteiger partial charge in [0.2, 0.25) is 0 Å². The highest BCUT2D eigenvalue weighted by atomic mass is 15.2. The summed E-state index contributed by atoms with van der Waals surface area (Å²) >= 11 is 0. The lowest BCUT2D eigenvalue weighted by molar-refractivity contribution is 0.191. The minimum atomic E-state index is 0.417. The van der Waals surface area contributed by atoms with Crippen molar-refractivity contribution in [2.45, 2.75) is 44.3 Å². The summed E-state index contributed by atoms with van der Waals surface area (Å²) in [6.45, 7) is 1.92. The Morgan fingerprint density at radius 2 is 2.00 bits per heavy atom. The quantitative estimate of drug-likeness (QED) is 0.744. The van der Waals surface area contributed by atoms with E-state index < -0.39 is 0 Å². The molecule has 0 saturated heterocycles. The van der Waals surface area contributed by atoms with Gasteiger partial charge in [-0.3, -0.25) is 9.88 Å². The van der Waals surface area contributed by atoms with Crippen LogP contribution in [-0.4, -0.2) is 39.5 Å². The Morgan fingerprint density at radius 1 is 1.07 bits per heavy atom. The normalized spacial score (nSPS) is 20.9. The topological polar surface area (TPSA) is 53.9 Å². The van der Waals surface area contributed by atoms with E-state index in [2.05, 4.69) is 57.6 Å². The van der Waals surface area contributed by atoms with E-state index in [0.717, 1.165) is 31.6 Å². The van der Waals surface area contributed by atoms with E-state index in [0.29, 0.717) is 12.1 Å². The van der Waals surface area contributed by atoms with Gasteiger partial charge in [0.15, 0.2) is 0 Å². The molecule has 2 aliphatic rings. The summed E-state index contributed by atoms with van der Waals surface area (Å²) in [4.78, 5) is 15.8. The molecular formula is C24H27N5. The minimum absolute atomic E-state index is 0.417. The van der Waals surface area contributed by atoms with Gasteiger partial charge < -0.3 is 5.32 Å². The molecule has 1 aliphatic heterocycles. The number of aromatic nitrogens is 3. The number of pyridine rings is 1. The van der Waals surface area contributed by atoms with Crippen LogP contribution < -0.4 is 5.32 Å². The van der Waals surface area contributed by atoms with Crippen LogP contribution in [0, 0.1) is 0 Å². The summed E-state index contributed by atoms with van der Waals surface area (Å²) in [6, 6.07) is 13.7. The lowest BCUT2D eigenvalue weighted by Gasteiger charge is -2.36. The first-order valence-electron chi connectivity index (χ1n) is 10.5. The molecule has 0 radical (unpaired) electrons. The van der Waals surface area contributed by atoms with Crippen molar-refractivity contribution >= 4 is 0 Å². The first kappa shape index (κ1) is 18.4. The van der Waals surface area contributed by atoms with Crippen LogP contribution in [0.3, 0.4) is 0 Å². The Labute approximate surface area is 172 Å². The number of hydrogen-bond donors (Lipinski definition) is 1. The highest BCUT2D eigenvalue weighted by Crippen LogP contribution is 2.33. The number of nitrogens with zero attached hydrogens (tertiary/aromatic N) is 4. The second-order valence-corrected chi connectivity index (χ2v) is 8.22. The number of benzene rings is 1. The number of aryl methyl sites for hydroxylation is 1. The Morgan fingerprint density at radius 3 is 2.90 bits per heavy atom. The third kappa shape index (κ3) is 3.68. The highest BCUT2D eigenvalue weighted by Gasteiger charge is 2.28. The Kier molecular flexibility index (Phi) is 5.08. The SMILES string of the molecule is CN(C[C@@H]1Cc2c(cccc2-c2ccncn2)CN1)[C@H]1CCCc2cccnc21. The van der Waals surface area contributed by atoms with Gasteiger partial charge in [0, 0.05) is 37.1 Å². The zero-order valence-electron chi connectivity index (χ0n) is 16.9. The van der Waals surface area contributed by atoms with Crippen LogP contribution in [-0.2, 0) is 19.4 Å². The van der Waals surface area contributed by atoms with E-state index in [-0.39, 0.29) is 0 Å². The molecule has 1 aliphatic carbocycles. The number of likely N-dealkylation sites (N-methyl/N-ethyl adjacent to an activating group) is 1. The van der Waals surface area contributed by atoms with Gasteiger partial charge in [-0.15, -0.1) is 0 Å². The van der Waals surface area contributed by atoms with Crippen LogP contribution in [0.5, 0.6) is 0 Å². The van der Waals surface area contributed by atoms with Crippen LogP contribution >= 0.6 is 0 Å². The van der Waals surface area contributed by atoms with Gasteiger partial charge >= 0.3 is 0 Å². The lowest BCUT2D eigenvalue weighted by Crippen LogP contribution is -2.45. The molecule has 3 aromatic rings. The lowest BCUT2D eigenvalue weighted by atomic mass is 9.88. The average molecular weight is 386 g/mol. The van der Waals surface area contributed by atoms with Crippen molar-refractivity contribution in [2.75, 3.05) is 13.6 Å². The van der Waals surface area contributed by atoms with Crippen LogP contribution in [0.4, 0.5) is 0 Å². The molecule has 2 aromatic heterocycles. The van der Waals surface area contributed by atoms with Crippen molar-refractivity contribution in [1.29, 1.82) is 0 Å². The summed E-state index contributed by atoms with van der Waals surface area (Å²) < 4.78 is 0. The summed E-state index contributed by atoms with van der Waals surface area (Å²) in [7, 11) is 2.25. The molecule has 5 rings (SSSR count). The molecule has 0 fully saturated rings. The Balaban J connectivity index is 1.36. The van der Waals surface area contributed by atoms with Gasteiger partial charge in [0.25, 0.3) is 0 Å². The predicted molar refractivity (Wildman–Crippen MR) is 114 cm³/mol. The van der Waals surface area contributed by atoms with E-state index in [1.807, 2.05) is 18.5 Å². The fourth-order valence-corrected chi connectivity index (χ4v) is 4.92. The van der Waals surface area contributed by atoms with E-state index in [1.165, 1.54) is 40.8 Å². The molecule has 2 atom stereocenters. The molecule has 1 N–H and O–H groups in total. The summed E-state index contributed by atoms with van der Waals surface area (Å²) in [6.07, 6.45) is 10.00. The molecular weight excluding hydrogens is 358 g/mol. The van der Waals surface area contributed by atoms with E-state index in [1.54, 1.807) is 6.33 Å². The zero-order chi connectivity index (χ0) is 19.6. The molecule has 3 heterocycles. The maximum Gasteiger partial charge on any atom is 0.116 e. The van der Waals surface area contributed by atoms with E-state index in [9.17, 15) is 0 Å². The first-order valence-corrected chi connectivity index (χ1v) is 10.5. The van der Waals surface area contributed by atoms with Crippen molar-refractivity contribution in [3.63, 3.8) is 0 Å². The van der Waals surface area contributed by atoms with Gasteiger partial charge in [-0.2, -0.15) is 0 Å². The number of hydrogen-bond acceptors (Lipinski definition) is 5. The maximum absolute atomic E-state index is 4.73. The van der Waals surface area contributed by atoms with E-state index >= 15 is 0 Å². The van der Waals surface area contributed by atoms with Gasteiger partial charge in [-0.1, -0.05) is 24.3 Å². The van der Waals surface area contributed by atoms with Crippen molar-refractivity contribution in [3.05, 3.63) is 77.5 Å². The molecule has 0 amide bonds. The van der Waals surface area contributed by atoms with Gasteiger partial charge in [0.1, 0.15) is 6.33 Å². The molecule has 0 bridgehead atoms. The fraction of sp³-hybridized carbons (Fsp3) is 0.375. The monoisotopic (exact) mass is 385 g/mol. The molecule has 5 heteroatoms. The number of nitrogens with one attached hydrogen (secondary N) is 1. The second kappa shape index (κ2) is 8.01. The molecule has 29 heavy (non-hydrogen) atoms. The highest BCUT2D eigenvalue weighted by molar-refractivity contribution is 5.65. The first-order chi connectivity index (χ1) is 14.3. The van der Waals surface area contributed by atoms with Crippen molar-refractivity contribution < 1.29 is 0 Å². The molecule has 0 unspecified atom stereocenters. The standard InChI is InChI=1S/C24H27N5/c1-29(23-9-3-5-17-7-4-11-26-24(17)23)15-19-13-21-18(14-27-19)6-2-8-20(21)22-10-12-25-16-28-22/h2,4,6-8,10-12,16,19,23,27H,3,5,9,13-15H2,1H3/t19-,23-/m0/s1.